The van der Waals surface area contributed by atoms with Crippen molar-refractivity contribution in [2.45, 2.75) is 24.3 Å². The maximum Gasteiger partial charge on any atom is 0.265 e. The van der Waals surface area contributed by atoms with Crippen LogP contribution in [0.1, 0.15) is 17.0 Å². The van der Waals surface area contributed by atoms with Crippen molar-refractivity contribution < 1.29 is 0 Å². The molecule has 0 amide bonds. The first-order chi connectivity index (χ1) is 9.58. The van der Waals surface area contributed by atoms with E-state index in [0.717, 1.165) is 11.3 Å². The molecule has 1 aliphatic heterocycles. The van der Waals surface area contributed by atoms with Gasteiger partial charge in [0.2, 0.25) is 0 Å². The highest BCUT2D eigenvalue weighted by atomic mass is 79.9. The second kappa shape index (κ2) is 5.30. The summed E-state index contributed by atoms with van der Waals surface area (Å²) in [4.78, 5) is 13.6. The molecule has 0 saturated heterocycles. The molecule has 20 heavy (non-hydrogen) atoms. The monoisotopic (exact) mass is 350 g/mol. The van der Waals surface area contributed by atoms with E-state index in [0.29, 0.717) is 22.6 Å². The summed E-state index contributed by atoms with van der Waals surface area (Å²) in [6.45, 7) is 2.53. The summed E-state index contributed by atoms with van der Waals surface area (Å²) < 4.78 is 2.29. The molecule has 0 aliphatic carbocycles. The van der Waals surface area contributed by atoms with Crippen LogP contribution in [-0.4, -0.2) is 10.3 Å². The molecule has 1 unspecified atom stereocenters. The van der Waals surface area contributed by atoms with Gasteiger partial charge in [0.05, 0.1) is 10.2 Å². The van der Waals surface area contributed by atoms with Gasteiger partial charge in [-0.3, -0.25) is 4.79 Å². The molecule has 0 radical (unpaired) electrons. The van der Waals surface area contributed by atoms with Crippen LogP contribution < -0.4 is 11.3 Å². The predicted molar refractivity (Wildman–Crippen MR) is 87.5 cm³/mol. The zero-order valence-electron chi connectivity index (χ0n) is 11.1. The molecule has 3 rings (SSSR count). The van der Waals surface area contributed by atoms with E-state index in [1.54, 1.807) is 10.8 Å². The lowest BCUT2D eigenvalue weighted by atomic mass is 10.0. The summed E-state index contributed by atoms with van der Waals surface area (Å²) >= 11 is 5.20. The van der Waals surface area contributed by atoms with Crippen LogP contribution in [0.2, 0.25) is 0 Å². The second-order valence-electron chi connectivity index (χ2n) is 5.03. The Morgan fingerprint density at radius 3 is 3.00 bits per heavy atom. The summed E-state index contributed by atoms with van der Waals surface area (Å²) in [6, 6.07) is 8.40. The number of aromatic nitrogens is 1. The largest absolute Gasteiger partial charge is 0.397 e. The number of thioether (sulfide) groups is 1. The van der Waals surface area contributed by atoms with Crippen LogP contribution in [0, 0.1) is 6.92 Å². The van der Waals surface area contributed by atoms with Crippen molar-refractivity contribution in [3.05, 3.63) is 56.4 Å². The SMILES string of the molecule is Cc1c(N)cn(CC2CSc3ccccc32)c(=O)c1Br. The topological polar surface area (TPSA) is 48.0 Å². The first-order valence-corrected chi connectivity index (χ1v) is 8.22. The molecule has 0 bridgehead atoms. The van der Waals surface area contributed by atoms with E-state index in [2.05, 4.69) is 40.2 Å². The van der Waals surface area contributed by atoms with E-state index in [1.807, 2.05) is 18.7 Å². The van der Waals surface area contributed by atoms with Gasteiger partial charge in [-0.15, -0.1) is 11.8 Å². The van der Waals surface area contributed by atoms with Gasteiger partial charge < -0.3 is 10.3 Å². The lowest BCUT2D eigenvalue weighted by Crippen LogP contribution is -2.25. The Kier molecular flexibility index (Phi) is 3.65. The lowest BCUT2D eigenvalue weighted by molar-refractivity contribution is 0.586. The molecule has 0 fully saturated rings. The van der Waals surface area contributed by atoms with Gasteiger partial charge in [-0.05, 0) is 40.0 Å². The van der Waals surface area contributed by atoms with Gasteiger partial charge in [0.1, 0.15) is 0 Å². The van der Waals surface area contributed by atoms with Crippen LogP contribution >= 0.6 is 27.7 Å². The van der Waals surface area contributed by atoms with Gasteiger partial charge in [-0.1, -0.05) is 18.2 Å². The first-order valence-electron chi connectivity index (χ1n) is 6.44. The van der Waals surface area contributed by atoms with E-state index in [4.69, 9.17) is 5.73 Å². The number of nitrogen functional groups attached to an aromatic ring is 1. The number of anilines is 1. The van der Waals surface area contributed by atoms with Crippen molar-refractivity contribution in [3.63, 3.8) is 0 Å². The van der Waals surface area contributed by atoms with E-state index < -0.39 is 0 Å². The Bertz CT molecular complexity index is 726. The fourth-order valence-electron chi connectivity index (χ4n) is 2.49. The number of halogens is 1. The summed E-state index contributed by atoms with van der Waals surface area (Å²) in [6.07, 6.45) is 1.76. The maximum atomic E-state index is 12.3. The molecule has 0 saturated carbocycles. The minimum Gasteiger partial charge on any atom is -0.397 e. The van der Waals surface area contributed by atoms with Crippen LogP contribution in [0.15, 0.2) is 44.6 Å². The smallest absolute Gasteiger partial charge is 0.265 e. The second-order valence-corrected chi connectivity index (χ2v) is 6.88. The van der Waals surface area contributed by atoms with Gasteiger partial charge in [0, 0.05) is 29.3 Å². The number of hydrogen-bond acceptors (Lipinski definition) is 3. The quantitative estimate of drug-likeness (QED) is 0.902. The third-order valence-electron chi connectivity index (χ3n) is 3.72. The van der Waals surface area contributed by atoms with Gasteiger partial charge in [-0.25, -0.2) is 0 Å². The Labute approximate surface area is 130 Å². The molecule has 1 aromatic heterocycles. The van der Waals surface area contributed by atoms with Crippen molar-refractivity contribution in [2.24, 2.45) is 0 Å². The fourth-order valence-corrected chi connectivity index (χ4v) is 4.19. The zero-order chi connectivity index (χ0) is 14.3. The predicted octanol–water partition coefficient (Wildman–Crippen LogP) is 3.39. The van der Waals surface area contributed by atoms with E-state index in [1.165, 1.54) is 10.5 Å². The Morgan fingerprint density at radius 1 is 1.45 bits per heavy atom. The normalized spacial score (nSPS) is 17.2. The van der Waals surface area contributed by atoms with Gasteiger partial charge in [-0.2, -0.15) is 0 Å². The number of nitrogens with zero attached hydrogens (tertiary/aromatic N) is 1. The zero-order valence-corrected chi connectivity index (χ0v) is 13.5. The highest BCUT2D eigenvalue weighted by molar-refractivity contribution is 9.10. The third kappa shape index (κ3) is 2.29. The lowest BCUT2D eigenvalue weighted by Gasteiger charge is -2.15. The van der Waals surface area contributed by atoms with Crippen LogP contribution in [0.4, 0.5) is 5.69 Å². The minimum atomic E-state index is -0.00826. The number of fused-ring (bicyclic) bond motifs is 1. The van der Waals surface area contributed by atoms with Crippen molar-refractivity contribution in [1.29, 1.82) is 0 Å². The number of nitrogens with two attached hydrogens (primary N) is 1. The van der Waals surface area contributed by atoms with Crippen LogP contribution in [0.25, 0.3) is 0 Å². The average Bonchev–Trinajstić information content (AvgIpc) is 2.86. The molecule has 1 aliphatic rings. The summed E-state index contributed by atoms with van der Waals surface area (Å²) in [5.41, 5.74) is 8.75. The van der Waals surface area contributed by atoms with Crippen molar-refractivity contribution >= 4 is 33.4 Å². The number of rotatable bonds is 2. The highest BCUT2D eigenvalue weighted by Crippen LogP contribution is 2.40. The van der Waals surface area contributed by atoms with Crippen LogP contribution in [-0.2, 0) is 6.54 Å². The molecular weight excluding hydrogens is 336 g/mol. The van der Waals surface area contributed by atoms with Crippen LogP contribution in [0.3, 0.4) is 0 Å². The fraction of sp³-hybridized carbons (Fsp3) is 0.267. The van der Waals surface area contributed by atoms with E-state index >= 15 is 0 Å². The molecule has 2 heterocycles. The minimum absolute atomic E-state index is 0.00826. The van der Waals surface area contributed by atoms with Crippen LogP contribution in [0.5, 0.6) is 0 Å². The number of pyridine rings is 1. The summed E-state index contributed by atoms with van der Waals surface area (Å²) in [5, 5.41) is 0. The molecule has 1 atom stereocenters. The Hall–Kier alpha value is -1.20. The van der Waals surface area contributed by atoms with Crippen molar-refractivity contribution in [1.82, 2.24) is 4.57 Å². The maximum absolute atomic E-state index is 12.3. The molecular formula is C15H15BrN2OS. The Morgan fingerprint density at radius 2 is 2.20 bits per heavy atom. The van der Waals surface area contributed by atoms with E-state index in [9.17, 15) is 4.79 Å². The number of benzene rings is 1. The van der Waals surface area contributed by atoms with Crippen molar-refractivity contribution in [2.75, 3.05) is 11.5 Å². The molecule has 1 aromatic carbocycles. The average molecular weight is 351 g/mol. The summed E-state index contributed by atoms with van der Waals surface area (Å²) in [7, 11) is 0. The standard InChI is InChI=1S/C15H15BrN2OS/c1-9-12(17)7-18(15(19)14(9)16)6-10-8-20-13-5-3-2-4-11(10)13/h2-5,7,10H,6,8,17H2,1H3. The Balaban J connectivity index is 1.96. The summed E-state index contributed by atoms with van der Waals surface area (Å²) in [5.74, 6) is 1.37. The van der Waals surface area contributed by atoms with Crippen molar-refractivity contribution in [3.8, 4) is 0 Å². The molecule has 3 nitrogen and oxygen atoms in total. The molecule has 5 heteroatoms. The third-order valence-corrected chi connectivity index (χ3v) is 5.91. The first kappa shape index (κ1) is 13.8. The van der Waals surface area contributed by atoms with Gasteiger partial charge >= 0.3 is 0 Å². The van der Waals surface area contributed by atoms with Gasteiger partial charge in [0.25, 0.3) is 5.56 Å². The molecule has 104 valence electrons. The number of hydrogen-bond donors (Lipinski definition) is 1. The van der Waals surface area contributed by atoms with E-state index in [-0.39, 0.29) is 5.56 Å². The molecule has 2 aromatic rings. The molecule has 2 N–H and O–H groups in total. The highest BCUT2D eigenvalue weighted by Gasteiger charge is 2.23. The molecule has 0 spiro atoms. The van der Waals surface area contributed by atoms with Gasteiger partial charge in [0.15, 0.2) is 0 Å².